The number of guanidine groups is 1. The third kappa shape index (κ3) is 6.88. The van der Waals surface area contributed by atoms with E-state index in [2.05, 4.69) is 35.9 Å². The third-order valence-corrected chi connectivity index (χ3v) is 4.58. The fraction of sp³-hybridized carbons (Fsp3) is 0.650. The Balaban J connectivity index is 0.00000392. The quantitative estimate of drug-likeness (QED) is 0.337. The van der Waals surface area contributed by atoms with Gasteiger partial charge in [0, 0.05) is 39.3 Å². The number of halogens is 1. The SMILES string of the molecule is CCNC(=NCc1cc(OC)c(O)c(OC)c1)N1CCN(CC(C)C)CC1.I. The van der Waals surface area contributed by atoms with Crippen molar-refractivity contribution in [3.8, 4) is 17.2 Å². The van der Waals surface area contributed by atoms with E-state index in [0.29, 0.717) is 24.0 Å². The fourth-order valence-corrected chi connectivity index (χ4v) is 3.29. The van der Waals surface area contributed by atoms with E-state index in [0.717, 1.165) is 50.8 Å². The molecule has 7 nitrogen and oxygen atoms in total. The van der Waals surface area contributed by atoms with Crippen LogP contribution in [0.25, 0.3) is 0 Å². The first-order chi connectivity index (χ1) is 13.0. The topological polar surface area (TPSA) is 69.6 Å². The normalized spacial score (nSPS) is 15.4. The second-order valence-corrected chi connectivity index (χ2v) is 7.20. The van der Waals surface area contributed by atoms with Crippen LogP contribution in [-0.4, -0.2) is 74.4 Å². The van der Waals surface area contributed by atoms with E-state index >= 15 is 0 Å². The number of nitrogens with one attached hydrogen (secondary N) is 1. The molecule has 8 heteroatoms. The predicted molar refractivity (Wildman–Crippen MR) is 124 cm³/mol. The minimum atomic E-state index is 0. The van der Waals surface area contributed by atoms with E-state index in [-0.39, 0.29) is 29.7 Å². The minimum Gasteiger partial charge on any atom is -0.502 e. The third-order valence-electron chi connectivity index (χ3n) is 4.58. The lowest BCUT2D eigenvalue weighted by atomic mass is 10.2. The van der Waals surface area contributed by atoms with Gasteiger partial charge in [0.15, 0.2) is 17.5 Å². The first-order valence-corrected chi connectivity index (χ1v) is 9.67. The smallest absolute Gasteiger partial charge is 0.200 e. The highest BCUT2D eigenvalue weighted by Gasteiger charge is 2.20. The van der Waals surface area contributed by atoms with Crippen LogP contribution in [0.3, 0.4) is 0 Å². The van der Waals surface area contributed by atoms with Crippen LogP contribution in [0.5, 0.6) is 17.2 Å². The number of nitrogens with zero attached hydrogens (tertiary/aromatic N) is 3. The molecule has 0 spiro atoms. The van der Waals surface area contributed by atoms with Crippen LogP contribution in [0.15, 0.2) is 17.1 Å². The van der Waals surface area contributed by atoms with Gasteiger partial charge in [-0.25, -0.2) is 4.99 Å². The molecule has 1 heterocycles. The number of methoxy groups -OCH3 is 2. The maximum atomic E-state index is 10.1. The summed E-state index contributed by atoms with van der Waals surface area (Å²) in [6.07, 6.45) is 0. The van der Waals surface area contributed by atoms with Gasteiger partial charge in [0.05, 0.1) is 20.8 Å². The standard InChI is InChI=1S/C20H34N4O3.HI/c1-6-21-20(24-9-7-23(8-10-24)14-15(2)3)22-13-16-11-17(26-4)19(25)18(12-16)27-5;/h11-12,15,25H,6-10,13-14H2,1-5H3,(H,21,22);1H. The molecule has 1 aromatic carbocycles. The average molecular weight is 506 g/mol. The maximum Gasteiger partial charge on any atom is 0.200 e. The van der Waals surface area contributed by atoms with Crippen molar-refractivity contribution in [2.24, 2.45) is 10.9 Å². The zero-order chi connectivity index (χ0) is 19.8. The van der Waals surface area contributed by atoms with E-state index in [9.17, 15) is 5.11 Å². The van der Waals surface area contributed by atoms with Gasteiger partial charge >= 0.3 is 0 Å². The summed E-state index contributed by atoms with van der Waals surface area (Å²) in [5, 5.41) is 13.4. The Morgan fingerprint density at radius 2 is 1.71 bits per heavy atom. The Labute approximate surface area is 186 Å². The van der Waals surface area contributed by atoms with E-state index in [1.807, 2.05) is 0 Å². The van der Waals surface area contributed by atoms with E-state index in [1.54, 1.807) is 12.1 Å². The molecule has 0 atom stereocenters. The molecule has 2 N–H and O–H groups in total. The first kappa shape index (κ1) is 24.6. The molecule has 0 radical (unpaired) electrons. The van der Waals surface area contributed by atoms with E-state index in [1.165, 1.54) is 14.2 Å². The number of hydrogen-bond acceptors (Lipinski definition) is 5. The van der Waals surface area contributed by atoms with Crippen molar-refractivity contribution in [2.45, 2.75) is 27.3 Å². The number of benzene rings is 1. The van der Waals surface area contributed by atoms with Gasteiger partial charge in [-0.1, -0.05) is 13.8 Å². The fourth-order valence-electron chi connectivity index (χ4n) is 3.29. The molecule has 0 aromatic heterocycles. The molecule has 1 saturated heterocycles. The zero-order valence-electron chi connectivity index (χ0n) is 17.7. The average Bonchev–Trinajstić information content (AvgIpc) is 2.66. The molecule has 0 amide bonds. The van der Waals surface area contributed by atoms with Gasteiger partial charge in [0.1, 0.15) is 0 Å². The molecule has 1 aromatic rings. The lowest BCUT2D eigenvalue weighted by Gasteiger charge is -2.37. The van der Waals surface area contributed by atoms with Crippen molar-refractivity contribution in [3.05, 3.63) is 17.7 Å². The zero-order valence-corrected chi connectivity index (χ0v) is 20.0. The van der Waals surface area contributed by atoms with Gasteiger partial charge in [-0.3, -0.25) is 4.90 Å². The summed E-state index contributed by atoms with van der Waals surface area (Å²) in [6.45, 7) is 13.1. The van der Waals surface area contributed by atoms with Gasteiger partial charge in [-0.05, 0) is 30.5 Å². The summed E-state index contributed by atoms with van der Waals surface area (Å²) in [5.74, 6) is 2.42. The molecule has 1 aliphatic heterocycles. The monoisotopic (exact) mass is 506 g/mol. The summed E-state index contributed by atoms with van der Waals surface area (Å²) in [7, 11) is 3.06. The van der Waals surface area contributed by atoms with E-state index < -0.39 is 0 Å². The number of aliphatic imine (C=N–C) groups is 1. The van der Waals surface area contributed by atoms with Crippen molar-refractivity contribution in [1.29, 1.82) is 0 Å². The summed E-state index contributed by atoms with van der Waals surface area (Å²) < 4.78 is 10.5. The summed E-state index contributed by atoms with van der Waals surface area (Å²) >= 11 is 0. The lowest BCUT2D eigenvalue weighted by molar-refractivity contribution is 0.164. The van der Waals surface area contributed by atoms with Crippen LogP contribution in [0.2, 0.25) is 0 Å². The Bertz CT molecular complexity index is 607. The number of rotatable bonds is 7. The Hall–Kier alpha value is -1.42. The molecule has 160 valence electrons. The van der Waals surface area contributed by atoms with Gasteiger partial charge < -0.3 is 24.8 Å². The molecular formula is C20H35IN4O3. The van der Waals surface area contributed by atoms with Crippen LogP contribution in [0, 0.1) is 5.92 Å². The highest BCUT2D eigenvalue weighted by atomic mass is 127. The molecule has 28 heavy (non-hydrogen) atoms. The van der Waals surface area contributed by atoms with Crippen LogP contribution in [0.4, 0.5) is 0 Å². The molecule has 1 fully saturated rings. The minimum absolute atomic E-state index is 0. The molecule has 1 aliphatic rings. The Morgan fingerprint density at radius 1 is 1.14 bits per heavy atom. The molecule has 2 rings (SSSR count). The second-order valence-electron chi connectivity index (χ2n) is 7.20. The first-order valence-electron chi connectivity index (χ1n) is 9.67. The highest BCUT2D eigenvalue weighted by molar-refractivity contribution is 14.0. The molecular weight excluding hydrogens is 471 g/mol. The van der Waals surface area contributed by atoms with Gasteiger partial charge in [-0.15, -0.1) is 24.0 Å². The van der Waals surface area contributed by atoms with E-state index in [4.69, 9.17) is 14.5 Å². The lowest BCUT2D eigenvalue weighted by Crippen LogP contribution is -2.53. The number of phenolic OH excluding ortho intramolecular Hbond substituents is 1. The largest absolute Gasteiger partial charge is 0.502 e. The maximum absolute atomic E-state index is 10.1. The second kappa shape index (κ2) is 12.2. The van der Waals surface area contributed by atoms with Crippen molar-refractivity contribution < 1.29 is 14.6 Å². The Morgan fingerprint density at radius 3 is 2.18 bits per heavy atom. The summed E-state index contributed by atoms with van der Waals surface area (Å²) in [4.78, 5) is 9.62. The molecule has 0 saturated carbocycles. The number of piperazine rings is 1. The van der Waals surface area contributed by atoms with Crippen LogP contribution >= 0.6 is 24.0 Å². The van der Waals surface area contributed by atoms with Gasteiger partial charge in [0.2, 0.25) is 5.75 Å². The van der Waals surface area contributed by atoms with Crippen molar-refractivity contribution >= 4 is 29.9 Å². The van der Waals surface area contributed by atoms with Crippen LogP contribution in [-0.2, 0) is 6.54 Å². The number of hydrogen-bond donors (Lipinski definition) is 2. The predicted octanol–water partition coefficient (Wildman–Crippen LogP) is 2.77. The van der Waals surface area contributed by atoms with Crippen LogP contribution < -0.4 is 14.8 Å². The molecule has 0 unspecified atom stereocenters. The summed E-state index contributed by atoms with van der Waals surface area (Å²) in [6, 6.07) is 3.59. The van der Waals surface area contributed by atoms with Crippen molar-refractivity contribution in [2.75, 3.05) is 53.5 Å². The van der Waals surface area contributed by atoms with Crippen molar-refractivity contribution in [1.82, 2.24) is 15.1 Å². The Kier molecular flexibility index (Phi) is 10.7. The summed E-state index contributed by atoms with van der Waals surface area (Å²) in [5.41, 5.74) is 0.926. The number of phenols is 1. The number of ether oxygens (including phenoxy) is 2. The van der Waals surface area contributed by atoms with Gasteiger partial charge in [-0.2, -0.15) is 0 Å². The van der Waals surface area contributed by atoms with Crippen LogP contribution in [0.1, 0.15) is 26.3 Å². The number of aromatic hydroxyl groups is 1. The highest BCUT2D eigenvalue weighted by Crippen LogP contribution is 2.37. The molecule has 0 aliphatic carbocycles. The van der Waals surface area contributed by atoms with Crippen molar-refractivity contribution in [3.63, 3.8) is 0 Å². The van der Waals surface area contributed by atoms with Gasteiger partial charge in [0.25, 0.3) is 0 Å². The molecule has 0 bridgehead atoms.